The van der Waals surface area contributed by atoms with Crippen molar-refractivity contribution in [3.8, 4) is 0 Å². The molecule has 19 heavy (non-hydrogen) atoms. The number of nitrogens with zero attached hydrogens (tertiary/aromatic N) is 1. The molecule has 1 heterocycles. The van der Waals surface area contributed by atoms with Crippen LogP contribution in [0.5, 0.6) is 0 Å². The van der Waals surface area contributed by atoms with Gasteiger partial charge in [-0.25, -0.2) is 0 Å². The second kappa shape index (κ2) is 6.17. The van der Waals surface area contributed by atoms with Crippen LogP contribution in [0.3, 0.4) is 0 Å². The van der Waals surface area contributed by atoms with E-state index in [0.29, 0.717) is 24.3 Å². The van der Waals surface area contributed by atoms with Crippen molar-refractivity contribution in [2.24, 2.45) is 11.1 Å². The summed E-state index contributed by atoms with van der Waals surface area (Å²) in [5, 5.41) is 5.85. The van der Waals surface area contributed by atoms with Crippen molar-refractivity contribution in [3.63, 3.8) is 0 Å². The quantitative estimate of drug-likeness (QED) is 0.684. The third-order valence-electron chi connectivity index (χ3n) is 2.49. The Labute approximate surface area is 112 Å². The van der Waals surface area contributed by atoms with Crippen LogP contribution < -0.4 is 16.4 Å². The van der Waals surface area contributed by atoms with Gasteiger partial charge in [-0.1, -0.05) is 20.8 Å². The van der Waals surface area contributed by atoms with Crippen LogP contribution in [0.15, 0.2) is 18.5 Å². The molecular formula is C13H20N4O2. The van der Waals surface area contributed by atoms with Crippen LogP contribution in [0.25, 0.3) is 0 Å². The molecule has 0 saturated heterocycles. The summed E-state index contributed by atoms with van der Waals surface area (Å²) in [5.74, 6) is -0.548. The Morgan fingerprint density at radius 1 is 1.32 bits per heavy atom. The Bertz CT molecular complexity index is 466. The average molecular weight is 264 g/mol. The molecule has 0 fully saturated rings. The summed E-state index contributed by atoms with van der Waals surface area (Å²) in [4.78, 5) is 26.6. The van der Waals surface area contributed by atoms with E-state index in [1.165, 1.54) is 6.20 Å². The maximum Gasteiger partial charge on any atom is 0.252 e. The van der Waals surface area contributed by atoms with E-state index in [9.17, 15) is 9.59 Å². The summed E-state index contributed by atoms with van der Waals surface area (Å²) in [7, 11) is 0. The van der Waals surface area contributed by atoms with Crippen LogP contribution >= 0.6 is 0 Å². The van der Waals surface area contributed by atoms with Crippen LogP contribution in [0.2, 0.25) is 0 Å². The zero-order valence-electron chi connectivity index (χ0n) is 11.5. The third-order valence-corrected chi connectivity index (χ3v) is 2.49. The molecule has 2 amide bonds. The van der Waals surface area contributed by atoms with Crippen molar-refractivity contribution in [2.75, 3.05) is 18.4 Å². The highest BCUT2D eigenvalue weighted by atomic mass is 16.2. The summed E-state index contributed by atoms with van der Waals surface area (Å²) in [6.07, 6.45) is 2.99. The van der Waals surface area contributed by atoms with Crippen molar-refractivity contribution in [1.82, 2.24) is 10.3 Å². The summed E-state index contributed by atoms with van der Waals surface area (Å²) in [5.41, 5.74) is 5.78. The van der Waals surface area contributed by atoms with E-state index in [0.717, 1.165) is 0 Å². The topological polar surface area (TPSA) is 97.1 Å². The minimum Gasteiger partial charge on any atom is -0.383 e. The molecule has 104 valence electrons. The number of nitrogens with one attached hydrogen (secondary N) is 2. The van der Waals surface area contributed by atoms with E-state index >= 15 is 0 Å². The predicted octanol–water partition coefficient (Wildman–Crippen LogP) is 0.755. The van der Waals surface area contributed by atoms with E-state index < -0.39 is 11.3 Å². The largest absolute Gasteiger partial charge is 0.383 e. The Hall–Kier alpha value is -2.11. The maximum atomic E-state index is 11.6. The van der Waals surface area contributed by atoms with Crippen LogP contribution in [0.1, 0.15) is 31.1 Å². The summed E-state index contributed by atoms with van der Waals surface area (Å²) in [6, 6.07) is 1.67. The van der Waals surface area contributed by atoms with Gasteiger partial charge in [0.05, 0.1) is 11.3 Å². The van der Waals surface area contributed by atoms with Gasteiger partial charge in [0.15, 0.2) is 0 Å². The van der Waals surface area contributed by atoms with E-state index in [1.54, 1.807) is 12.3 Å². The maximum absolute atomic E-state index is 11.6. The Morgan fingerprint density at radius 3 is 2.58 bits per heavy atom. The molecule has 0 aliphatic carbocycles. The number of amides is 2. The van der Waals surface area contributed by atoms with Crippen molar-refractivity contribution in [3.05, 3.63) is 24.0 Å². The van der Waals surface area contributed by atoms with Gasteiger partial charge in [0.25, 0.3) is 5.91 Å². The summed E-state index contributed by atoms with van der Waals surface area (Å²) >= 11 is 0. The van der Waals surface area contributed by atoms with Gasteiger partial charge in [0.2, 0.25) is 5.91 Å². The molecule has 1 rings (SSSR count). The van der Waals surface area contributed by atoms with E-state index in [1.807, 2.05) is 20.8 Å². The summed E-state index contributed by atoms with van der Waals surface area (Å²) < 4.78 is 0. The first-order chi connectivity index (χ1) is 8.82. The highest BCUT2D eigenvalue weighted by Gasteiger charge is 2.20. The van der Waals surface area contributed by atoms with Gasteiger partial charge in [-0.3, -0.25) is 14.6 Å². The second-order valence-corrected chi connectivity index (χ2v) is 5.22. The van der Waals surface area contributed by atoms with Crippen LogP contribution in [-0.4, -0.2) is 29.9 Å². The minimum atomic E-state index is -0.533. The first-order valence-corrected chi connectivity index (χ1v) is 6.08. The predicted molar refractivity (Wildman–Crippen MR) is 73.7 cm³/mol. The SMILES string of the molecule is CC(C)(C)C(=O)NCCNc1ccncc1C(N)=O. The second-order valence-electron chi connectivity index (χ2n) is 5.22. The van der Waals surface area contributed by atoms with Gasteiger partial charge >= 0.3 is 0 Å². The lowest BCUT2D eigenvalue weighted by molar-refractivity contribution is -0.128. The van der Waals surface area contributed by atoms with E-state index in [4.69, 9.17) is 5.73 Å². The highest BCUT2D eigenvalue weighted by Crippen LogP contribution is 2.13. The molecule has 6 heteroatoms. The number of rotatable bonds is 5. The number of primary amides is 1. The fourth-order valence-corrected chi connectivity index (χ4v) is 1.38. The molecule has 6 nitrogen and oxygen atoms in total. The number of nitrogens with two attached hydrogens (primary N) is 1. The molecule has 1 aromatic rings. The molecule has 0 atom stereocenters. The van der Waals surface area contributed by atoms with Crippen molar-refractivity contribution >= 4 is 17.5 Å². The Balaban J connectivity index is 2.46. The van der Waals surface area contributed by atoms with Crippen molar-refractivity contribution in [1.29, 1.82) is 0 Å². The molecule has 0 radical (unpaired) electrons. The zero-order valence-corrected chi connectivity index (χ0v) is 11.5. The molecule has 0 aromatic carbocycles. The van der Waals surface area contributed by atoms with Crippen LogP contribution in [-0.2, 0) is 4.79 Å². The number of pyridine rings is 1. The number of hydrogen-bond donors (Lipinski definition) is 3. The van der Waals surface area contributed by atoms with Crippen LogP contribution in [0.4, 0.5) is 5.69 Å². The number of anilines is 1. The Morgan fingerprint density at radius 2 is 2.00 bits per heavy atom. The third kappa shape index (κ3) is 4.57. The number of aromatic nitrogens is 1. The first kappa shape index (κ1) is 14.9. The minimum absolute atomic E-state index is 0.0147. The fraction of sp³-hybridized carbons (Fsp3) is 0.462. The average Bonchev–Trinajstić information content (AvgIpc) is 2.33. The van der Waals surface area contributed by atoms with Crippen molar-refractivity contribution in [2.45, 2.75) is 20.8 Å². The molecule has 0 spiro atoms. The normalized spacial score (nSPS) is 10.9. The van der Waals surface area contributed by atoms with Gasteiger partial charge in [-0.05, 0) is 6.07 Å². The number of carbonyl (C=O) groups is 2. The molecule has 0 unspecified atom stereocenters. The molecule has 0 aliphatic heterocycles. The van der Waals surface area contributed by atoms with Gasteiger partial charge < -0.3 is 16.4 Å². The fourth-order valence-electron chi connectivity index (χ4n) is 1.38. The van der Waals surface area contributed by atoms with Gasteiger partial charge in [-0.2, -0.15) is 0 Å². The molecular weight excluding hydrogens is 244 g/mol. The molecule has 0 bridgehead atoms. The number of hydrogen-bond acceptors (Lipinski definition) is 4. The van der Waals surface area contributed by atoms with Gasteiger partial charge in [0, 0.05) is 30.9 Å². The summed E-state index contributed by atoms with van der Waals surface area (Å²) in [6.45, 7) is 6.53. The van der Waals surface area contributed by atoms with E-state index in [-0.39, 0.29) is 5.91 Å². The lowest BCUT2D eigenvalue weighted by Crippen LogP contribution is -2.37. The number of carbonyl (C=O) groups excluding carboxylic acids is 2. The molecule has 1 aromatic heterocycles. The smallest absolute Gasteiger partial charge is 0.252 e. The van der Waals surface area contributed by atoms with Gasteiger partial charge in [0.1, 0.15) is 0 Å². The van der Waals surface area contributed by atoms with Crippen molar-refractivity contribution < 1.29 is 9.59 Å². The van der Waals surface area contributed by atoms with Gasteiger partial charge in [-0.15, -0.1) is 0 Å². The standard InChI is InChI=1S/C13H20N4O2/c1-13(2,3)12(19)17-7-6-16-10-4-5-15-8-9(10)11(14)18/h4-5,8H,6-7H2,1-3H3,(H2,14,18)(H,15,16)(H,17,19). The first-order valence-electron chi connectivity index (χ1n) is 6.08. The highest BCUT2D eigenvalue weighted by molar-refractivity contribution is 5.98. The molecule has 0 aliphatic rings. The van der Waals surface area contributed by atoms with E-state index in [2.05, 4.69) is 15.6 Å². The molecule has 0 saturated carbocycles. The van der Waals surface area contributed by atoms with Crippen LogP contribution in [0, 0.1) is 5.41 Å². The molecule has 4 N–H and O–H groups in total. The monoisotopic (exact) mass is 264 g/mol. The lowest BCUT2D eigenvalue weighted by atomic mass is 9.96. The zero-order chi connectivity index (χ0) is 14.5. The Kier molecular flexibility index (Phi) is 4.86. The lowest BCUT2D eigenvalue weighted by Gasteiger charge is -2.18.